The van der Waals surface area contributed by atoms with Crippen molar-refractivity contribution in [3.05, 3.63) is 0 Å². The maximum atomic E-state index is 11.5. The SMILES string of the molecule is COC(=O)N[C@H](C(=O)OC)C1CCCOC1. The van der Waals surface area contributed by atoms with E-state index in [1.54, 1.807) is 0 Å². The number of ether oxygens (including phenoxy) is 3. The van der Waals surface area contributed by atoms with Gasteiger partial charge in [-0.25, -0.2) is 9.59 Å². The fourth-order valence-corrected chi connectivity index (χ4v) is 1.71. The second-order valence-electron chi connectivity index (χ2n) is 3.61. The fourth-order valence-electron chi connectivity index (χ4n) is 1.71. The van der Waals surface area contributed by atoms with E-state index >= 15 is 0 Å². The highest BCUT2D eigenvalue weighted by atomic mass is 16.5. The van der Waals surface area contributed by atoms with E-state index in [0.29, 0.717) is 13.2 Å². The van der Waals surface area contributed by atoms with E-state index in [0.717, 1.165) is 12.8 Å². The van der Waals surface area contributed by atoms with Crippen LogP contribution in [0.25, 0.3) is 0 Å². The van der Waals surface area contributed by atoms with Gasteiger partial charge < -0.3 is 19.5 Å². The third-order valence-corrected chi connectivity index (χ3v) is 2.58. The number of hydrogen-bond donors (Lipinski definition) is 1. The van der Waals surface area contributed by atoms with Crippen LogP contribution in [-0.2, 0) is 19.0 Å². The summed E-state index contributed by atoms with van der Waals surface area (Å²) in [5, 5.41) is 2.47. The molecule has 1 aliphatic heterocycles. The highest BCUT2D eigenvalue weighted by molar-refractivity contribution is 5.81. The summed E-state index contributed by atoms with van der Waals surface area (Å²) in [6.07, 6.45) is 1.06. The zero-order chi connectivity index (χ0) is 12.0. The Bertz CT molecular complexity index is 250. The van der Waals surface area contributed by atoms with Crippen LogP contribution in [-0.4, -0.2) is 45.5 Å². The zero-order valence-corrected chi connectivity index (χ0v) is 9.52. The summed E-state index contributed by atoms with van der Waals surface area (Å²) < 4.78 is 14.4. The summed E-state index contributed by atoms with van der Waals surface area (Å²) in [4.78, 5) is 22.6. The molecule has 0 aromatic heterocycles. The number of rotatable bonds is 3. The van der Waals surface area contributed by atoms with E-state index in [2.05, 4.69) is 14.8 Å². The predicted molar refractivity (Wildman–Crippen MR) is 54.9 cm³/mol. The molecule has 0 aromatic rings. The number of methoxy groups -OCH3 is 2. The van der Waals surface area contributed by atoms with E-state index < -0.39 is 18.1 Å². The lowest BCUT2D eigenvalue weighted by atomic mass is 9.94. The highest BCUT2D eigenvalue weighted by Crippen LogP contribution is 2.18. The number of hydrogen-bond acceptors (Lipinski definition) is 5. The van der Waals surface area contributed by atoms with Crippen LogP contribution < -0.4 is 5.32 Å². The Morgan fingerprint density at radius 3 is 2.62 bits per heavy atom. The van der Waals surface area contributed by atoms with E-state index in [-0.39, 0.29) is 5.92 Å². The Kier molecular flexibility index (Phi) is 5.04. The van der Waals surface area contributed by atoms with Crippen LogP contribution in [0.3, 0.4) is 0 Å². The number of nitrogens with one attached hydrogen (secondary N) is 1. The third-order valence-electron chi connectivity index (χ3n) is 2.58. The fraction of sp³-hybridized carbons (Fsp3) is 0.800. The summed E-state index contributed by atoms with van der Waals surface area (Å²) in [6, 6.07) is -0.697. The van der Waals surface area contributed by atoms with E-state index in [1.165, 1.54) is 14.2 Å². The first-order valence-corrected chi connectivity index (χ1v) is 5.19. The first kappa shape index (κ1) is 12.8. The lowest BCUT2D eigenvalue weighted by Crippen LogP contribution is -2.48. The summed E-state index contributed by atoms with van der Waals surface area (Å²) >= 11 is 0. The molecule has 0 spiro atoms. The van der Waals surface area contributed by atoms with Crippen molar-refractivity contribution in [3.8, 4) is 0 Å². The number of esters is 1. The number of carbonyl (C=O) groups excluding carboxylic acids is 2. The van der Waals surface area contributed by atoms with E-state index in [9.17, 15) is 9.59 Å². The number of carbonyl (C=O) groups is 2. The Morgan fingerprint density at radius 2 is 2.12 bits per heavy atom. The minimum absolute atomic E-state index is 0.0553. The first-order valence-electron chi connectivity index (χ1n) is 5.19. The summed E-state index contributed by atoms with van der Waals surface area (Å²) in [5.74, 6) is -0.527. The molecule has 16 heavy (non-hydrogen) atoms. The van der Waals surface area contributed by atoms with Crippen molar-refractivity contribution in [1.29, 1.82) is 0 Å². The molecule has 1 aliphatic rings. The molecule has 1 amide bonds. The molecule has 1 heterocycles. The molecular formula is C10H17NO5. The molecule has 2 atom stereocenters. The monoisotopic (exact) mass is 231 g/mol. The van der Waals surface area contributed by atoms with Gasteiger partial charge in [0.15, 0.2) is 0 Å². The maximum Gasteiger partial charge on any atom is 0.407 e. The normalized spacial score (nSPS) is 22.0. The highest BCUT2D eigenvalue weighted by Gasteiger charge is 2.32. The first-order chi connectivity index (χ1) is 7.69. The van der Waals surface area contributed by atoms with Crippen molar-refractivity contribution >= 4 is 12.1 Å². The summed E-state index contributed by atoms with van der Waals surface area (Å²) in [5.41, 5.74) is 0. The van der Waals surface area contributed by atoms with Gasteiger partial charge in [-0.2, -0.15) is 0 Å². The van der Waals surface area contributed by atoms with Gasteiger partial charge in [0.05, 0.1) is 20.8 Å². The average Bonchev–Trinajstić information content (AvgIpc) is 2.35. The Labute approximate surface area is 94.2 Å². The molecule has 1 unspecified atom stereocenters. The van der Waals surface area contributed by atoms with Crippen LogP contribution in [0.15, 0.2) is 0 Å². The minimum atomic E-state index is -0.697. The lowest BCUT2D eigenvalue weighted by molar-refractivity contribution is -0.146. The predicted octanol–water partition coefficient (Wildman–Crippen LogP) is 0.311. The van der Waals surface area contributed by atoms with Crippen molar-refractivity contribution < 1.29 is 23.8 Å². The largest absolute Gasteiger partial charge is 0.467 e. The number of alkyl carbamates (subject to hydrolysis) is 1. The molecule has 6 nitrogen and oxygen atoms in total. The topological polar surface area (TPSA) is 73.9 Å². The van der Waals surface area contributed by atoms with E-state index in [4.69, 9.17) is 4.74 Å². The summed E-state index contributed by atoms with van der Waals surface area (Å²) in [6.45, 7) is 1.15. The van der Waals surface area contributed by atoms with Gasteiger partial charge in [-0.1, -0.05) is 0 Å². The van der Waals surface area contributed by atoms with Gasteiger partial charge in [0.2, 0.25) is 0 Å². The molecule has 0 aliphatic carbocycles. The molecular weight excluding hydrogens is 214 g/mol. The Balaban J connectivity index is 2.61. The standard InChI is InChI=1S/C10H17NO5/c1-14-9(12)8(11-10(13)15-2)7-4-3-5-16-6-7/h7-8H,3-6H2,1-2H3,(H,11,13)/t7?,8-/m0/s1. The van der Waals surface area contributed by atoms with Crippen molar-refractivity contribution in [2.75, 3.05) is 27.4 Å². The van der Waals surface area contributed by atoms with Crippen LogP contribution in [0.5, 0.6) is 0 Å². The van der Waals surface area contributed by atoms with Crippen molar-refractivity contribution in [1.82, 2.24) is 5.32 Å². The van der Waals surface area contributed by atoms with Gasteiger partial charge in [0.25, 0.3) is 0 Å². The Hall–Kier alpha value is -1.30. The van der Waals surface area contributed by atoms with Crippen molar-refractivity contribution in [3.63, 3.8) is 0 Å². The lowest BCUT2D eigenvalue weighted by Gasteiger charge is -2.28. The molecule has 1 N–H and O–H groups in total. The van der Waals surface area contributed by atoms with Crippen LogP contribution >= 0.6 is 0 Å². The molecule has 0 saturated carbocycles. The van der Waals surface area contributed by atoms with Gasteiger partial charge in [0.1, 0.15) is 6.04 Å². The van der Waals surface area contributed by atoms with E-state index in [1.807, 2.05) is 0 Å². The van der Waals surface area contributed by atoms with Gasteiger partial charge in [-0.05, 0) is 12.8 Å². The van der Waals surface area contributed by atoms with Gasteiger partial charge in [0, 0.05) is 12.5 Å². The minimum Gasteiger partial charge on any atom is -0.467 e. The molecule has 0 radical (unpaired) electrons. The molecule has 1 fully saturated rings. The van der Waals surface area contributed by atoms with Crippen LogP contribution in [0.4, 0.5) is 4.79 Å². The second kappa shape index (κ2) is 6.32. The van der Waals surface area contributed by atoms with Gasteiger partial charge in [-0.15, -0.1) is 0 Å². The molecule has 1 saturated heterocycles. The number of amides is 1. The van der Waals surface area contributed by atoms with Crippen LogP contribution in [0.1, 0.15) is 12.8 Å². The average molecular weight is 231 g/mol. The van der Waals surface area contributed by atoms with Crippen molar-refractivity contribution in [2.24, 2.45) is 5.92 Å². The zero-order valence-electron chi connectivity index (χ0n) is 9.52. The molecule has 0 aromatic carbocycles. The smallest absolute Gasteiger partial charge is 0.407 e. The summed E-state index contributed by atoms with van der Waals surface area (Å²) in [7, 11) is 2.54. The molecule has 6 heteroatoms. The van der Waals surface area contributed by atoms with Gasteiger partial charge in [-0.3, -0.25) is 0 Å². The molecule has 1 rings (SSSR count). The van der Waals surface area contributed by atoms with Gasteiger partial charge >= 0.3 is 12.1 Å². The second-order valence-corrected chi connectivity index (χ2v) is 3.61. The van der Waals surface area contributed by atoms with Crippen LogP contribution in [0.2, 0.25) is 0 Å². The molecule has 92 valence electrons. The third kappa shape index (κ3) is 3.37. The van der Waals surface area contributed by atoms with Crippen LogP contribution in [0, 0.1) is 5.92 Å². The maximum absolute atomic E-state index is 11.5. The molecule has 0 bridgehead atoms. The quantitative estimate of drug-likeness (QED) is 0.708. The van der Waals surface area contributed by atoms with Crippen molar-refractivity contribution in [2.45, 2.75) is 18.9 Å². The Morgan fingerprint density at radius 1 is 1.38 bits per heavy atom.